The van der Waals surface area contributed by atoms with Crippen LogP contribution in [0, 0.1) is 29.6 Å². The van der Waals surface area contributed by atoms with Crippen molar-refractivity contribution in [3.63, 3.8) is 0 Å². The highest BCUT2D eigenvalue weighted by molar-refractivity contribution is 7.19. The third-order valence-electron chi connectivity index (χ3n) is 7.50. The number of nitriles is 1. The molecule has 184 valence electrons. The molecule has 3 aromatic heterocycles. The Morgan fingerprint density at radius 1 is 1.22 bits per heavy atom. The molecule has 1 atom stereocenters. The van der Waals surface area contributed by atoms with Gasteiger partial charge in [-0.15, -0.1) is 11.3 Å². The van der Waals surface area contributed by atoms with Gasteiger partial charge in [0.05, 0.1) is 33.4 Å². The van der Waals surface area contributed by atoms with Crippen molar-refractivity contribution in [1.29, 1.82) is 5.26 Å². The first-order valence-corrected chi connectivity index (χ1v) is 12.9. The molecule has 1 unspecified atom stereocenters. The predicted octanol–water partition coefficient (Wildman–Crippen LogP) is 4.31. The van der Waals surface area contributed by atoms with Gasteiger partial charge in [0.2, 0.25) is 11.8 Å². The van der Waals surface area contributed by atoms with E-state index < -0.39 is 5.41 Å². The first-order valence-electron chi connectivity index (χ1n) is 12.1. The molecule has 5 heterocycles. The highest BCUT2D eigenvalue weighted by atomic mass is 32.1. The molecule has 0 aliphatic carbocycles. The number of aryl methyl sites for hydroxylation is 1. The summed E-state index contributed by atoms with van der Waals surface area (Å²) < 4.78 is 0.837. The molecule has 3 aromatic rings. The highest BCUT2D eigenvalue weighted by Crippen LogP contribution is 2.41. The monoisotopic (exact) mass is 501 g/mol. The smallest absolute Gasteiger partial charge is 0.256 e. The number of imide groups is 1. The minimum absolute atomic E-state index is 0.0804. The predicted molar refractivity (Wildman–Crippen MR) is 136 cm³/mol. The summed E-state index contributed by atoms with van der Waals surface area (Å²) in [5.41, 5.74) is 2.68. The fourth-order valence-corrected chi connectivity index (χ4v) is 6.18. The van der Waals surface area contributed by atoms with Gasteiger partial charge in [0.25, 0.3) is 5.91 Å². The van der Waals surface area contributed by atoms with Crippen LogP contribution in [0.4, 0.5) is 0 Å². The molecule has 9 heteroatoms. The van der Waals surface area contributed by atoms with Gasteiger partial charge in [-0.3, -0.25) is 24.3 Å². The van der Waals surface area contributed by atoms with E-state index in [2.05, 4.69) is 16.0 Å². The van der Waals surface area contributed by atoms with Crippen molar-refractivity contribution >= 4 is 39.3 Å². The Balaban J connectivity index is 1.60. The van der Waals surface area contributed by atoms with Crippen molar-refractivity contribution in [3.8, 4) is 17.2 Å². The molecular weight excluding hydrogens is 474 g/mol. The number of carbonyl (C=O) groups excluding carboxylic acids is 3. The summed E-state index contributed by atoms with van der Waals surface area (Å²) in [6.45, 7) is 8.77. The zero-order valence-corrected chi connectivity index (χ0v) is 21.6. The molecular formula is C27H27N5O3S. The summed E-state index contributed by atoms with van der Waals surface area (Å²) in [4.78, 5) is 52.1. The fraction of sp³-hybridized carbons (Fsp3) is 0.407. The van der Waals surface area contributed by atoms with Gasteiger partial charge in [0, 0.05) is 41.2 Å². The van der Waals surface area contributed by atoms with Crippen LogP contribution in [-0.2, 0) is 16.1 Å². The summed E-state index contributed by atoms with van der Waals surface area (Å²) in [5, 5.41) is 9.58. The van der Waals surface area contributed by atoms with Gasteiger partial charge in [0.1, 0.15) is 11.8 Å². The number of thiophene rings is 1. The Kier molecular flexibility index (Phi) is 5.87. The zero-order valence-electron chi connectivity index (χ0n) is 20.8. The Bertz CT molecular complexity index is 1460. The van der Waals surface area contributed by atoms with E-state index in [4.69, 9.17) is 0 Å². The van der Waals surface area contributed by atoms with Gasteiger partial charge in [-0.1, -0.05) is 20.8 Å². The van der Waals surface area contributed by atoms with Crippen LogP contribution >= 0.6 is 11.3 Å². The van der Waals surface area contributed by atoms with Gasteiger partial charge in [-0.05, 0) is 38.0 Å². The molecule has 0 radical (unpaired) electrons. The van der Waals surface area contributed by atoms with Crippen LogP contribution in [-0.4, -0.2) is 50.6 Å². The fourth-order valence-electron chi connectivity index (χ4n) is 5.05. The van der Waals surface area contributed by atoms with E-state index in [9.17, 15) is 19.6 Å². The molecule has 2 aliphatic heterocycles. The summed E-state index contributed by atoms with van der Waals surface area (Å²) in [6, 6.07) is 7.51. The molecule has 0 N–H and O–H groups in total. The Hall–Kier alpha value is -3.64. The van der Waals surface area contributed by atoms with E-state index in [-0.39, 0.29) is 35.9 Å². The van der Waals surface area contributed by atoms with Crippen molar-refractivity contribution in [2.24, 2.45) is 11.3 Å². The molecule has 5 rings (SSSR count). The van der Waals surface area contributed by atoms with Crippen molar-refractivity contribution in [2.45, 2.75) is 47.1 Å². The first kappa shape index (κ1) is 24.1. The van der Waals surface area contributed by atoms with Crippen LogP contribution in [0.25, 0.3) is 21.3 Å². The van der Waals surface area contributed by atoms with Gasteiger partial charge in [-0.25, -0.2) is 4.98 Å². The second-order valence-corrected chi connectivity index (χ2v) is 11.2. The lowest BCUT2D eigenvalue weighted by atomic mass is 9.82. The van der Waals surface area contributed by atoms with Gasteiger partial charge < -0.3 is 4.90 Å². The van der Waals surface area contributed by atoms with E-state index >= 15 is 0 Å². The van der Waals surface area contributed by atoms with Gasteiger partial charge >= 0.3 is 0 Å². The van der Waals surface area contributed by atoms with E-state index in [0.717, 1.165) is 28.0 Å². The third kappa shape index (κ3) is 3.77. The Morgan fingerprint density at radius 3 is 2.58 bits per heavy atom. The van der Waals surface area contributed by atoms with Crippen LogP contribution in [0.5, 0.6) is 0 Å². The maximum atomic E-state index is 13.5. The highest BCUT2D eigenvalue weighted by Gasteiger charge is 2.51. The number of nitrogens with zero attached hydrogens (tertiary/aromatic N) is 5. The summed E-state index contributed by atoms with van der Waals surface area (Å²) in [6.07, 6.45) is 3.62. The summed E-state index contributed by atoms with van der Waals surface area (Å²) in [7, 11) is 0. The molecule has 2 saturated heterocycles. The van der Waals surface area contributed by atoms with Crippen LogP contribution in [0.3, 0.4) is 0 Å². The minimum atomic E-state index is -0.732. The number of aromatic nitrogens is 2. The quantitative estimate of drug-likeness (QED) is 0.493. The zero-order chi connectivity index (χ0) is 25.8. The lowest BCUT2D eigenvalue weighted by Gasteiger charge is -2.19. The maximum Gasteiger partial charge on any atom is 0.256 e. The largest absolute Gasteiger partial charge is 0.339 e. The number of fused-ring (bicyclic) bond motifs is 1. The molecule has 2 aliphatic rings. The molecule has 8 nitrogen and oxygen atoms in total. The molecule has 0 saturated carbocycles. The average molecular weight is 502 g/mol. The Morgan fingerprint density at radius 2 is 1.94 bits per heavy atom. The molecule has 0 bridgehead atoms. The van der Waals surface area contributed by atoms with Crippen LogP contribution in [0.15, 0.2) is 24.4 Å². The number of hydrogen-bond acceptors (Lipinski definition) is 7. The first-order chi connectivity index (χ1) is 17.1. The van der Waals surface area contributed by atoms with Crippen LogP contribution in [0.2, 0.25) is 0 Å². The number of amides is 3. The van der Waals surface area contributed by atoms with E-state index in [1.807, 2.05) is 17.0 Å². The molecule has 36 heavy (non-hydrogen) atoms. The number of carbonyl (C=O) groups is 3. The summed E-state index contributed by atoms with van der Waals surface area (Å²) >= 11 is 1.45. The number of hydrogen-bond donors (Lipinski definition) is 0. The molecule has 2 fully saturated rings. The maximum absolute atomic E-state index is 13.5. The third-order valence-corrected chi connectivity index (χ3v) is 8.65. The second kappa shape index (κ2) is 8.79. The second-order valence-electron chi connectivity index (χ2n) is 10.1. The van der Waals surface area contributed by atoms with Crippen molar-refractivity contribution in [1.82, 2.24) is 19.8 Å². The average Bonchev–Trinajstić information content (AvgIpc) is 3.57. The molecule has 0 aromatic carbocycles. The topological polar surface area (TPSA) is 107 Å². The minimum Gasteiger partial charge on any atom is -0.339 e. The van der Waals surface area contributed by atoms with Crippen molar-refractivity contribution in [2.75, 3.05) is 13.1 Å². The SMILES string of the molecule is Cc1nc(C#N)cc(-c2ccnc3cc(CN4C(=O)C(C)C(C)(C)C4=O)sc23)c1C(=O)N1CCCC1. The standard InChI is InChI=1S/C27H27N5O3S/c1-15-24(33)32(26(35)27(15,3)4)14-18-12-21-23(36-18)19(7-8-29-21)20-11-17(13-28)30-16(2)22(20)25(34)31-9-5-6-10-31/h7-8,11-12,15H,5-6,9-10,14H2,1-4H3. The van der Waals surface area contributed by atoms with Crippen molar-refractivity contribution < 1.29 is 14.4 Å². The molecule has 0 spiro atoms. The van der Waals surface area contributed by atoms with Crippen LogP contribution in [0.1, 0.15) is 60.2 Å². The van der Waals surface area contributed by atoms with E-state index in [0.29, 0.717) is 35.4 Å². The lowest BCUT2D eigenvalue weighted by molar-refractivity contribution is -0.141. The Labute approximate surface area is 213 Å². The van der Waals surface area contributed by atoms with Crippen molar-refractivity contribution in [3.05, 3.63) is 46.2 Å². The number of likely N-dealkylation sites (tertiary alicyclic amines) is 2. The lowest BCUT2D eigenvalue weighted by Crippen LogP contribution is -2.32. The van der Waals surface area contributed by atoms with Gasteiger partial charge in [-0.2, -0.15) is 5.26 Å². The van der Waals surface area contributed by atoms with Crippen LogP contribution < -0.4 is 0 Å². The number of pyridine rings is 2. The van der Waals surface area contributed by atoms with Gasteiger partial charge in [0.15, 0.2) is 0 Å². The number of rotatable bonds is 4. The summed E-state index contributed by atoms with van der Waals surface area (Å²) in [5.74, 6) is -0.801. The van der Waals surface area contributed by atoms with E-state index in [1.165, 1.54) is 16.2 Å². The van der Waals surface area contributed by atoms with E-state index in [1.54, 1.807) is 40.0 Å². The normalized spacial score (nSPS) is 19.4. The molecule has 3 amide bonds.